The zero-order valence-corrected chi connectivity index (χ0v) is 8.95. The summed E-state index contributed by atoms with van der Waals surface area (Å²) in [4.78, 5) is 12.5. The van der Waals surface area contributed by atoms with Crippen LogP contribution in [0.5, 0.6) is 0 Å². The molecule has 1 N–H and O–H groups in total. The standard InChI is InChI=1S/C8H14N2O.HNO3/c1-4-11-7(2)8-9-5-6-10(8)3;2-1(3)4/h5-7H,4H2,1-3H3;(H,2,3,4). The lowest BCUT2D eigenvalue weighted by molar-refractivity contribution is -0.742. The summed E-state index contributed by atoms with van der Waals surface area (Å²) in [6.45, 7) is 4.72. The highest BCUT2D eigenvalue weighted by molar-refractivity contribution is 4.94. The second kappa shape index (κ2) is 6.77. The molecule has 86 valence electrons. The molecule has 0 aliphatic heterocycles. The third-order valence-corrected chi connectivity index (χ3v) is 1.64. The smallest absolute Gasteiger partial charge is 0.291 e. The Morgan fingerprint density at radius 3 is 2.67 bits per heavy atom. The summed E-state index contributed by atoms with van der Waals surface area (Å²) in [5.41, 5.74) is 0. The predicted octanol–water partition coefficient (Wildman–Crippen LogP) is 1.17. The van der Waals surface area contributed by atoms with Crippen molar-refractivity contribution in [3.63, 3.8) is 0 Å². The molecule has 7 nitrogen and oxygen atoms in total. The Labute approximate surface area is 87.4 Å². The van der Waals surface area contributed by atoms with Gasteiger partial charge in [0.05, 0.1) is 0 Å². The molecular formula is C8H15N3O4. The molecule has 1 aromatic rings. The van der Waals surface area contributed by atoms with Gasteiger partial charge in [-0.2, -0.15) is 0 Å². The van der Waals surface area contributed by atoms with Gasteiger partial charge in [-0.3, -0.25) is 0 Å². The Hall–Kier alpha value is -1.63. The fraction of sp³-hybridized carbons (Fsp3) is 0.625. The van der Waals surface area contributed by atoms with Crippen molar-refractivity contribution in [3.05, 3.63) is 28.3 Å². The third-order valence-electron chi connectivity index (χ3n) is 1.64. The van der Waals surface area contributed by atoms with Gasteiger partial charge in [-0.15, -0.1) is 10.1 Å². The Morgan fingerprint density at radius 1 is 1.80 bits per heavy atom. The fourth-order valence-electron chi connectivity index (χ4n) is 1.09. The second-order valence-corrected chi connectivity index (χ2v) is 2.73. The molecular weight excluding hydrogens is 202 g/mol. The van der Waals surface area contributed by atoms with Crippen molar-refractivity contribution < 1.29 is 15.0 Å². The fourth-order valence-corrected chi connectivity index (χ4v) is 1.09. The average Bonchev–Trinajstić information content (AvgIpc) is 2.50. The molecule has 0 radical (unpaired) electrons. The molecule has 0 aliphatic rings. The molecule has 1 rings (SSSR count). The van der Waals surface area contributed by atoms with Crippen LogP contribution in [0.2, 0.25) is 0 Å². The molecule has 15 heavy (non-hydrogen) atoms. The second-order valence-electron chi connectivity index (χ2n) is 2.73. The van der Waals surface area contributed by atoms with Crippen LogP contribution < -0.4 is 0 Å². The average molecular weight is 217 g/mol. The molecule has 0 aromatic carbocycles. The Morgan fingerprint density at radius 2 is 2.33 bits per heavy atom. The van der Waals surface area contributed by atoms with E-state index in [2.05, 4.69) is 4.98 Å². The molecule has 0 saturated carbocycles. The van der Waals surface area contributed by atoms with Gasteiger partial charge in [0.15, 0.2) is 0 Å². The summed E-state index contributed by atoms with van der Waals surface area (Å²) < 4.78 is 7.36. The number of hydrogen-bond donors (Lipinski definition) is 1. The first kappa shape index (κ1) is 13.4. The number of nitrogens with zero attached hydrogens (tertiary/aromatic N) is 3. The summed E-state index contributed by atoms with van der Waals surface area (Å²) in [6, 6.07) is 0. The minimum atomic E-state index is -1.50. The van der Waals surface area contributed by atoms with Crippen LogP contribution in [0.25, 0.3) is 0 Å². The van der Waals surface area contributed by atoms with E-state index in [9.17, 15) is 0 Å². The minimum absolute atomic E-state index is 0.0972. The molecule has 0 aliphatic carbocycles. The van der Waals surface area contributed by atoms with Crippen LogP contribution in [0.15, 0.2) is 12.4 Å². The minimum Gasteiger partial charge on any atom is -0.371 e. The van der Waals surface area contributed by atoms with E-state index in [1.807, 2.05) is 31.7 Å². The lowest BCUT2D eigenvalue weighted by atomic mass is 10.4. The SMILES string of the molecule is CCOC(C)c1nccn1C.O=[N+]([O-])O. The Bertz CT molecular complexity index is 296. The lowest BCUT2D eigenvalue weighted by Gasteiger charge is -2.10. The summed E-state index contributed by atoms with van der Waals surface area (Å²) in [5.74, 6) is 0.979. The number of aromatic nitrogens is 2. The molecule has 0 bridgehead atoms. The zero-order chi connectivity index (χ0) is 11.8. The number of aryl methyl sites for hydroxylation is 1. The van der Waals surface area contributed by atoms with Crippen molar-refractivity contribution >= 4 is 0 Å². The summed E-state index contributed by atoms with van der Waals surface area (Å²) in [6.07, 6.45) is 3.80. The summed E-state index contributed by atoms with van der Waals surface area (Å²) >= 11 is 0. The van der Waals surface area contributed by atoms with Gasteiger partial charge in [-0.05, 0) is 13.8 Å². The molecule has 1 unspecified atom stereocenters. The van der Waals surface area contributed by atoms with Gasteiger partial charge in [0.2, 0.25) is 0 Å². The maximum atomic E-state index is 8.36. The molecule has 0 saturated heterocycles. The molecule has 0 fully saturated rings. The van der Waals surface area contributed by atoms with Gasteiger partial charge in [0, 0.05) is 26.0 Å². The monoisotopic (exact) mass is 217 g/mol. The summed E-state index contributed by atoms with van der Waals surface area (Å²) in [5, 5.41) is 13.6. The number of imidazole rings is 1. The van der Waals surface area contributed by atoms with Gasteiger partial charge in [0.1, 0.15) is 11.9 Å². The van der Waals surface area contributed by atoms with Crippen molar-refractivity contribution in [2.75, 3.05) is 6.61 Å². The van der Waals surface area contributed by atoms with Gasteiger partial charge >= 0.3 is 0 Å². The van der Waals surface area contributed by atoms with Crippen molar-refractivity contribution in [1.82, 2.24) is 9.55 Å². The Balaban J connectivity index is 0.000000423. The number of ether oxygens (including phenoxy) is 1. The van der Waals surface area contributed by atoms with Crippen LogP contribution >= 0.6 is 0 Å². The highest BCUT2D eigenvalue weighted by Gasteiger charge is 2.08. The van der Waals surface area contributed by atoms with Crippen molar-refractivity contribution in [2.24, 2.45) is 7.05 Å². The van der Waals surface area contributed by atoms with Crippen molar-refractivity contribution in [1.29, 1.82) is 0 Å². The van der Waals surface area contributed by atoms with E-state index in [-0.39, 0.29) is 6.10 Å². The van der Waals surface area contributed by atoms with E-state index in [0.717, 1.165) is 12.4 Å². The van der Waals surface area contributed by atoms with Crippen LogP contribution in [-0.4, -0.2) is 26.5 Å². The normalized spacial score (nSPS) is 11.4. The van der Waals surface area contributed by atoms with Crippen molar-refractivity contribution in [2.45, 2.75) is 20.0 Å². The van der Waals surface area contributed by atoms with Gasteiger partial charge in [-0.1, -0.05) is 0 Å². The molecule has 0 amide bonds. The van der Waals surface area contributed by atoms with Crippen LogP contribution in [0, 0.1) is 10.1 Å². The maximum Gasteiger partial charge on any atom is 0.291 e. The van der Waals surface area contributed by atoms with E-state index in [1.54, 1.807) is 6.20 Å². The molecule has 1 heterocycles. The highest BCUT2D eigenvalue weighted by Crippen LogP contribution is 2.12. The Kier molecular flexibility index (Phi) is 6.03. The topological polar surface area (TPSA) is 90.4 Å². The molecule has 0 spiro atoms. The molecule has 7 heteroatoms. The first-order chi connectivity index (χ1) is 6.99. The zero-order valence-electron chi connectivity index (χ0n) is 8.95. The summed E-state index contributed by atoms with van der Waals surface area (Å²) in [7, 11) is 1.97. The van der Waals surface area contributed by atoms with E-state index < -0.39 is 5.09 Å². The van der Waals surface area contributed by atoms with Crippen LogP contribution in [0.4, 0.5) is 0 Å². The first-order valence-corrected chi connectivity index (χ1v) is 4.41. The lowest BCUT2D eigenvalue weighted by Crippen LogP contribution is -2.06. The predicted molar refractivity (Wildman–Crippen MR) is 52.0 cm³/mol. The van der Waals surface area contributed by atoms with E-state index in [4.69, 9.17) is 20.1 Å². The number of rotatable bonds is 3. The highest BCUT2D eigenvalue weighted by atomic mass is 16.9. The van der Waals surface area contributed by atoms with E-state index in [0.29, 0.717) is 0 Å². The van der Waals surface area contributed by atoms with Gasteiger partial charge in [-0.25, -0.2) is 4.98 Å². The van der Waals surface area contributed by atoms with Gasteiger partial charge < -0.3 is 14.5 Å². The first-order valence-electron chi connectivity index (χ1n) is 4.41. The van der Waals surface area contributed by atoms with E-state index in [1.165, 1.54) is 0 Å². The molecule has 1 aromatic heterocycles. The number of hydrogen-bond acceptors (Lipinski definition) is 4. The van der Waals surface area contributed by atoms with Crippen LogP contribution in [0.1, 0.15) is 25.8 Å². The quantitative estimate of drug-likeness (QED) is 0.606. The maximum absolute atomic E-state index is 8.36. The van der Waals surface area contributed by atoms with Crippen LogP contribution in [-0.2, 0) is 11.8 Å². The third kappa shape index (κ3) is 5.63. The largest absolute Gasteiger partial charge is 0.371 e. The van der Waals surface area contributed by atoms with Crippen molar-refractivity contribution in [3.8, 4) is 0 Å². The van der Waals surface area contributed by atoms with Gasteiger partial charge in [0.25, 0.3) is 5.09 Å². The van der Waals surface area contributed by atoms with Crippen LogP contribution in [0.3, 0.4) is 0 Å². The molecule has 1 atom stereocenters. The van der Waals surface area contributed by atoms with E-state index >= 15 is 0 Å².